The van der Waals surface area contributed by atoms with E-state index in [9.17, 15) is 9.59 Å². The zero-order valence-corrected chi connectivity index (χ0v) is 10.9. The highest BCUT2D eigenvalue weighted by atomic mass is 16.4. The fourth-order valence-electron chi connectivity index (χ4n) is 2.37. The van der Waals surface area contributed by atoms with Gasteiger partial charge in [-0.15, -0.1) is 0 Å². The molecule has 0 bridgehead atoms. The number of carbonyl (C=O) groups is 2. The van der Waals surface area contributed by atoms with Crippen molar-refractivity contribution in [3.8, 4) is 0 Å². The topological polar surface area (TPSA) is 69.6 Å². The molecule has 1 saturated heterocycles. The van der Waals surface area contributed by atoms with E-state index in [-0.39, 0.29) is 24.4 Å². The minimum absolute atomic E-state index is 0.168. The van der Waals surface area contributed by atoms with Crippen LogP contribution in [0.25, 0.3) is 0 Å². The molecule has 5 nitrogen and oxygen atoms in total. The summed E-state index contributed by atoms with van der Waals surface area (Å²) < 4.78 is 0. The molecule has 5 heteroatoms. The Morgan fingerprint density at radius 3 is 2.58 bits per heavy atom. The van der Waals surface area contributed by atoms with E-state index < -0.39 is 5.97 Å². The van der Waals surface area contributed by atoms with E-state index in [1.807, 2.05) is 13.0 Å². The number of benzene rings is 1. The molecule has 1 heterocycles. The first-order chi connectivity index (χ1) is 9.09. The van der Waals surface area contributed by atoms with Crippen molar-refractivity contribution in [3.05, 3.63) is 30.3 Å². The van der Waals surface area contributed by atoms with Crippen LogP contribution in [0.3, 0.4) is 0 Å². The number of carboxylic acid groups (broad SMARTS) is 1. The van der Waals surface area contributed by atoms with Crippen molar-refractivity contribution in [1.82, 2.24) is 5.32 Å². The zero-order valence-electron chi connectivity index (χ0n) is 10.9. The number of carbonyl (C=O) groups excluding carboxylic acids is 1. The lowest BCUT2D eigenvalue weighted by molar-refractivity contribution is -0.137. The third-order valence-corrected chi connectivity index (χ3v) is 3.43. The third-order valence-electron chi connectivity index (χ3n) is 3.43. The highest BCUT2D eigenvalue weighted by Gasteiger charge is 2.33. The maximum absolute atomic E-state index is 12.5. The normalized spacial score (nSPS) is 22.2. The van der Waals surface area contributed by atoms with E-state index in [1.54, 1.807) is 24.3 Å². The molecule has 0 saturated carbocycles. The number of aliphatic carboxylic acids is 1. The molecule has 1 aromatic rings. The Kier molecular flexibility index (Phi) is 4.16. The van der Waals surface area contributed by atoms with Crippen LogP contribution in [0, 0.1) is 5.92 Å². The van der Waals surface area contributed by atoms with Crippen LogP contribution in [-0.4, -0.2) is 36.1 Å². The molecule has 2 rings (SSSR count). The van der Waals surface area contributed by atoms with Crippen molar-refractivity contribution in [3.63, 3.8) is 0 Å². The van der Waals surface area contributed by atoms with Gasteiger partial charge in [0.25, 0.3) is 0 Å². The molecule has 102 valence electrons. The number of hydrogen-bond acceptors (Lipinski definition) is 3. The van der Waals surface area contributed by atoms with Crippen LogP contribution in [0.15, 0.2) is 30.3 Å². The average molecular weight is 262 g/mol. The van der Waals surface area contributed by atoms with E-state index in [0.29, 0.717) is 5.69 Å². The van der Waals surface area contributed by atoms with Crippen molar-refractivity contribution in [1.29, 1.82) is 0 Å². The van der Waals surface area contributed by atoms with Crippen LogP contribution in [0.4, 0.5) is 5.69 Å². The van der Waals surface area contributed by atoms with Crippen LogP contribution in [0.5, 0.6) is 0 Å². The lowest BCUT2D eigenvalue weighted by atomic mass is 10.0. The number of carboxylic acids is 1. The summed E-state index contributed by atoms with van der Waals surface area (Å²) in [6.07, 6.45) is 0.937. The van der Waals surface area contributed by atoms with Gasteiger partial charge in [0.15, 0.2) is 0 Å². The molecule has 1 aliphatic heterocycles. The van der Waals surface area contributed by atoms with E-state index in [1.165, 1.54) is 4.90 Å². The van der Waals surface area contributed by atoms with Crippen molar-refractivity contribution in [2.45, 2.75) is 19.4 Å². The third kappa shape index (κ3) is 3.12. The number of hydrogen-bond donors (Lipinski definition) is 2. The Labute approximate surface area is 112 Å². The van der Waals surface area contributed by atoms with Gasteiger partial charge < -0.3 is 10.4 Å². The molecule has 0 aliphatic carbocycles. The molecule has 0 aromatic heterocycles. The van der Waals surface area contributed by atoms with Gasteiger partial charge in [-0.2, -0.15) is 0 Å². The van der Waals surface area contributed by atoms with Gasteiger partial charge in [-0.25, -0.2) is 0 Å². The Hall–Kier alpha value is -1.88. The second kappa shape index (κ2) is 5.84. The van der Waals surface area contributed by atoms with Crippen LogP contribution >= 0.6 is 0 Å². The summed E-state index contributed by atoms with van der Waals surface area (Å²) in [6, 6.07) is 8.63. The second-order valence-electron chi connectivity index (χ2n) is 4.85. The Morgan fingerprint density at radius 1 is 1.37 bits per heavy atom. The predicted octanol–water partition coefficient (Wildman–Crippen LogP) is 1.10. The van der Waals surface area contributed by atoms with E-state index >= 15 is 0 Å². The van der Waals surface area contributed by atoms with Crippen molar-refractivity contribution in [2.75, 3.05) is 18.0 Å². The zero-order chi connectivity index (χ0) is 13.8. The summed E-state index contributed by atoms with van der Waals surface area (Å²) in [7, 11) is 0. The fraction of sp³-hybridized carbons (Fsp3) is 0.429. The lowest BCUT2D eigenvalue weighted by Crippen LogP contribution is -2.48. The molecule has 2 N–H and O–H groups in total. The number of amides is 1. The van der Waals surface area contributed by atoms with Crippen LogP contribution < -0.4 is 10.2 Å². The summed E-state index contributed by atoms with van der Waals surface area (Å²) in [6.45, 7) is 2.49. The van der Waals surface area contributed by atoms with Gasteiger partial charge in [-0.3, -0.25) is 14.5 Å². The molecular formula is C14H18N2O3. The van der Waals surface area contributed by atoms with Gasteiger partial charge >= 0.3 is 5.97 Å². The Balaban J connectivity index is 2.22. The Bertz CT molecular complexity index is 461. The molecule has 1 aliphatic rings. The van der Waals surface area contributed by atoms with Gasteiger partial charge in [-0.05, 0) is 31.0 Å². The molecule has 19 heavy (non-hydrogen) atoms. The first kappa shape index (κ1) is 13.5. The maximum atomic E-state index is 12.5. The van der Waals surface area contributed by atoms with Crippen LogP contribution in [0.1, 0.15) is 13.3 Å². The van der Waals surface area contributed by atoms with Gasteiger partial charge in [0.05, 0.1) is 6.04 Å². The highest BCUT2D eigenvalue weighted by Crippen LogP contribution is 2.20. The van der Waals surface area contributed by atoms with Gasteiger partial charge in [0, 0.05) is 5.69 Å². The molecule has 1 fully saturated rings. The monoisotopic (exact) mass is 262 g/mol. The molecule has 1 aromatic carbocycles. The summed E-state index contributed by atoms with van der Waals surface area (Å²) in [4.78, 5) is 24.8. The largest absolute Gasteiger partial charge is 0.480 e. The summed E-state index contributed by atoms with van der Waals surface area (Å²) in [5.74, 6) is -0.950. The van der Waals surface area contributed by atoms with Gasteiger partial charge in [-0.1, -0.05) is 25.1 Å². The molecule has 0 spiro atoms. The lowest BCUT2D eigenvalue weighted by Gasteiger charge is -2.26. The number of anilines is 1. The first-order valence-corrected chi connectivity index (χ1v) is 6.41. The summed E-state index contributed by atoms with van der Waals surface area (Å²) >= 11 is 0. The molecule has 2 atom stereocenters. The minimum atomic E-state index is -1.01. The smallest absolute Gasteiger partial charge is 0.323 e. The molecular weight excluding hydrogens is 244 g/mol. The fourth-order valence-corrected chi connectivity index (χ4v) is 2.37. The van der Waals surface area contributed by atoms with Crippen molar-refractivity contribution >= 4 is 17.6 Å². The summed E-state index contributed by atoms with van der Waals surface area (Å²) in [5, 5.41) is 12.1. The quantitative estimate of drug-likeness (QED) is 0.852. The number of rotatable bonds is 4. The maximum Gasteiger partial charge on any atom is 0.323 e. The standard InChI is InChI=1S/C14H18N2O3/c1-10-7-8-15-13(10)14(19)16(9-12(17)18)11-5-3-2-4-6-11/h2-6,10,13,15H,7-9H2,1H3,(H,17,18). The van der Waals surface area contributed by atoms with Crippen molar-refractivity contribution in [2.24, 2.45) is 5.92 Å². The Morgan fingerprint density at radius 2 is 2.05 bits per heavy atom. The average Bonchev–Trinajstić information content (AvgIpc) is 2.82. The van der Waals surface area contributed by atoms with E-state index in [0.717, 1.165) is 13.0 Å². The molecule has 1 amide bonds. The molecule has 0 radical (unpaired) electrons. The van der Waals surface area contributed by atoms with Crippen LogP contribution in [-0.2, 0) is 9.59 Å². The van der Waals surface area contributed by atoms with E-state index in [4.69, 9.17) is 5.11 Å². The number of nitrogens with one attached hydrogen (secondary N) is 1. The number of nitrogens with zero attached hydrogens (tertiary/aromatic N) is 1. The first-order valence-electron chi connectivity index (χ1n) is 6.41. The second-order valence-corrected chi connectivity index (χ2v) is 4.85. The van der Waals surface area contributed by atoms with Crippen molar-refractivity contribution < 1.29 is 14.7 Å². The van der Waals surface area contributed by atoms with Crippen LogP contribution in [0.2, 0.25) is 0 Å². The van der Waals surface area contributed by atoms with Gasteiger partial charge in [0.2, 0.25) is 5.91 Å². The number of para-hydroxylation sites is 1. The van der Waals surface area contributed by atoms with E-state index in [2.05, 4.69) is 5.32 Å². The summed E-state index contributed by atoms with van der Waals surface area (Å²) in [5.41, 5.74) is 0.621. The minimum Gasteiger partial charge on any atom is -0.480 e. The molecule has 2 unspecified atom stereocenters. The highest BCUT2D eigenvalue weighted by molar-refractivity contribution is 6.00. The predicted molar refractivity (Wildman–Crippen MR) is 72.0 cm³/mol. The SMILES string of the molecule is CC1CCNC1C(=O)N(CC(=O)O)c1ccccc1. The van der Waals surface area contributed by atoms with Gasteiger partial charge in [0.1, 0.15) is 6.54 Å².